The molecule has 25 heavy (non-hydrogen) atoms. The van der Waals surface area contributed by atoms with E-state index in [1.807, 2.05) is 22.9 Å². The van der Waals surface area contributed by atoms with E-state index in [1.54, 1.807) is 12.5 Å². The molecule has 5 nitrogen and oxygen atoms in total. The van der Waals surface area contributed by atoms with Crippen LogP contribution < -0.4 is 5.32 Å². The average Bonchev–Trinajstić information content (AvgIpc) is 3.11. The first-order chi connectivity index (χ1) is 12.1. The molecule has 5 heteroatoms. The number of benzene rings is 1. The Bertz CT molecular complexity index is 712. The molecule has 1 atom stereocenters. The molecular weight excluding hydrogens is 314 g/mol. The molecule has 1 aliphatic heterocycles. The number of unbranched alkanes of at least 4 members (excludes halogenated alkanes) is 3. The summed E-state index contributed by atoms with van der Waals surface area (Å²) in [6.45, 7) is 2.68. The molecule has 0 spiro atoms. The molecule has 1 aromatic heterocycles. The van der Waals surface area contributed by atoms with Crippen LogP contribution in [-0.4, -0.2) is 20.6 Å². The van der Waals surface area contributed by atoms with E-state index < -0.39 is 5.60 Å². The molecule has 0 bridgehead atoms. The summed E-state index contributed by atoms with van der Waals surface area (Å²) in [5, 5.41) is 14.4. The smallest absolute Gasteiger partial charge is 0.224 e. The average molecular weight is 341 g/mol. The first kappa shape index (κ1) is 17.7. The predicted molar refractivity (Wildman–Crippen MR) is 98.3 cm³/mol. The van der Waals surface area contributed by atoms with E-state index in [2.05, 4.69) is 23.3 Å². The number of aryl methyl sites for hydroxylation is 1. The minimum atomic E-state index is -0.926. The number of fused-ring (bicyclic) bond motifs is 1. The number of aromatic nitrogens is 2. The van der Waals surface area contributed by atoms with Crippen molar-refractivity contribution in [3.8, 4) is 0 Å². The number of nitrogens with zero attached hydrogens (tertiary/aromatic N) is 2. The first-order valence-corrected chi connectivity index (χ1v) is 9.22. The molecule has 2 aromatic rings. The lowest BCUT2D eigenvalue weighted by Crippen LogP contribution is -2.32. The van der Waals surface area contributed by atoms with Gasteiger partial charge in [0.15, 0.2) is 0 Å². The Labute approximate surface area is 149 Å². The van der Waals surface area contributed by atoms with E-state index in [1.165, 1.54) is 12.8 Å². The van der Waals surface area contributed by atoms with Gasteiger partial charge in [0.1, 0.15) is 5.60 Å². The zero-order valence-electron chi connectivity index (χ0n) is 14.9. The van der Waals surface area contributed by atoms with E-state index in [0.29, 0.717) is 13.0 Å². The molecule has 0 aliphatic carbocycles. The third kappa shape index (κ3) is 4.28. The van der Waals surface area contributed by atoms with Gasteiger partial charge in [-0.15, -0.1) is 0 Å². The zero-order chi connectivity index (χ0) is 17.7. The van der Waals surface area contributed by atoms with Crippen molar-refractivity contribution in [2.75, 3.05) is 5.32 Å². The Kier molecular flexibility index (Phi) is 5.53. The van der Waals surface area contributed by atoms with Crippen LogP contribution in [0.3, 0.4) is 0 Å². The maximum Gasteiger partial charge on any atom is 0.224 e. The highest BCUT2D eigenvalue weighted by atomic mass is 16.3. The lowest BCUT2D eigenvalue weighted by atomic mass is 9.85. The zero-order valence-corrected chi connectivity index (χ0v) is 14.9. The van der Waals surface area contributed by atoms with Crippen molar-refractivity contribution >= 4 is 11.6 Å². The molecule has 0 saturated heterocycles. The molecule has 0 radical (unpaired) electrons. The van der Waals surface area contributed by atoms with E-state index >= 15 is 0 Å². The molecule has 0 saturated carbocycles. The Morgan fingerprint density at radius 3 is 2.92 bits per heavy atom. The third-order valence-corrected chi connectivity index (χ3v) is 4.99. The Morgan fingerprint density at radius 1 is 1.28 bits per heavy atom. The molecule has 134 valence electrons. The highest BCUT2D eigenvalue weighted by Crippen LogP contribution is 2.33. The maximum atomic E-state index is 11.6. The second-order valence-electron chi connectivity index (χ2n) is 7.00. The van der Waals surface area contributed by atoms with Gasteiger partial charge in [0, 0.05) is 24.5 Å². The molecule has 1 unspecified atom stereocenters. The van der Waals surface area contributed by atoms with Crippen molar-refractivity contribution in [2.24, 2.45) is 0 Å². The molecule has 1 amide bonds. The topological polar surface area (TPSA) is 67.1 Å². The Balaban J connectivity index is 1.83. The van der Waals surface area contributed by atoms with Crippen molar-refractivity contribution in [2.45, 2.75) is 64.0 Å². The van der Waals surface area contributed by atoms with Gasteiger partial charge in [-0.2, -0.15) is 0 Å². The van der Waals surface area contributed by atoms with Crippen LogP contribution in [-0.2, 0) is 23.4 Å². The third-order valence-electron chi connectivity index (χ3n) is 4.99. The summed E-state index contributed by atoms with van der Waals surface area (Å²) in [7, 11) is 0. The van der Waals surface area contributed by atoms with Gasteiger partial charge in [-0.05, 0) is 30.0 Å². The van der Waals surface area contributed by atoms with Crippen LogP contribution in [0.5, 0.6) is 0 Å². The van der Waals surface area contributed by atoms with Crippen LogP contribution in [0, 0.1) is 0 Å². The van der Waals surface area contributed by atoms with Crippen LogP contribution in [0.4, 0.5) is 5.69 Å². The number of carbonyl (C=O) groups excluding carboxylic acids is 1. The summed E-state index contributed by atoms with van der Waals surface area (Å²) in [4.78, 5) is 15.6. The van der Waals surface area contributed by atoms with Crippen molar-refractivity contribution in [3.05, 3.63) is 48.0 Å². The van der Waals surface area contributed by atoms with Crippen LogP contribution in [0.15, 0.2) is 36.9 Å². The fourth-order valence-corrected chi connectivity index (χ4v) is 3.51. The number of amides is 1. The van der Waals surface area contributed by atoms with Gasteiger partial charge in [0.05, 0.1) is 12.9 Å². The molecule has 2 heterocycles. The van der Waals surface area contributed by atoms with Crippen molar-refractivity contribution in [1.82, 2.24) is 9.55 Å². The quantitative estimate of drug-likeness (QED) is 0.721. The number of hydrogen-bond acceptors (Lipinski definition) is 3. The van der Waals surface area contributed by atoms with E-state index in [4.69, 9.17) is 0 Å². The van der Waals surface area contributed by atoms with Gasteiger partial charge < -0.3 is 15.0 Å². The summed E-state index contributed by atoms with van der Waals surface area (Å²) >= 11 is 0. The van der Waals surface area contributed by atoms with Gasteiger partial charge in [0.25, 0.3) is 0 Å². The van der Waals surface area contributed by atoms with Crippen LogP contribution in [0.2, 0.25) is 0 Å². The molecule has 2 N–H and O–H groups in total. The highest BCUT2D eigenvalue weighted by Gasteiger charge is 2.30. The predicted octanol–water partition coefficient (Wildman–Crippen LogP) is 3.63. The summed E-state index contributed by atoms with van der Waals surface area (Å²) in [5.41, 5.74) is 1.98. The summed E-state index contributed by atoms with van der Waals surface area (Å²) in [5.74, 6) is 0.0634. The van der Waals surface area contributed by atoms with Crippen molar-refractivity contribution in [3.63, 3.8) is 0 Å². The summed E-state index contributed by atoms with van der Waals surface area (Å²) < 4.78 is 1.93. The van der Waals surface area contributed by atoms with Gasteiger partial charge in [-0.1, -0.05) is 44.7 Å². The van der Waals surface area contributed by atoms with Gasteiger partial charge >= 0.3 is 0 Å². The Morgan fingerprint density at radius 2 is 2.16 bits per heavy atom. The second-order valence-corrected chi connectivity index (χ2v) is 7.00. The SMILES string of the molecule is CCCCCCC(O)(Cn1ccnc1)c1ccc2c(c1)CCC(=O)N2. The minimum Gasteiger partial charge on any atom is -0.383 e. The largest absolute Gasteiger partial charge is 0.383 e. The molecule has 0 fully saturated rings. The standard InChI is InChI=1S/C20H27N3O2/c1-2-3-4-5-10-20(25,14-23-12-11-21-15-23)17-7-8-18-16(13-17)6-9-19(24)22-18/h7-8,11-13,15,25H,2-6,9-10,14H2,1H3,(H,22,24). The normalized spacial score (nSPS) is 16.2. The number of nitrogens with one attached hydrogen (secondary N) is 1. The number of rotatable bonds is 8. The van der Waals surface area contributed by atoms with Crippen LogP contribution >= 0.6 is 0 Å². The lowest BCUT2D eigenvalue weighted by Gasteiger charge is -2.31. The fourth-order valence-electron chi connectivity index (χ4n) is 3.51. The Hall–Kier alpha value is -2.14. The van der Waals surface area contributed by atoms with Crippen molar-refractivity contribution < 1.29 is 9.90 Å². The number of anilines is 1. The van der Waals surface area contributed by atoms with Crippen molar-refractivity contribution in [1.29, 1.82) is 0 Å². The second kappa shape index (κ2) is 7.83. The monoisotopic (exact) mass is 341 g/mol. The molecule has 1 aromatic carbocycles. The first-order valence-electron chi connectivity index (χ1n) is 9.22. The molecule has 1 aliphatic rings. The van der Waals surface area contributed by atoms with E-state index in [9.17, 15) is 9.90 Å². The fraction of sp³-hybridized carbons (Fsp3) is 0.500. The number of aliphatic hydroxyl groups is 1. The van der Waals surface area contributed by atoms with Gasteiger partial charge in [-0.25, -0.2) is 4.98 Å². The van der Waals surface area contributed by atoms with E-state index in [0.717, 1.165) is 42.5 Å². The van der Waals surface area contributed by atoms with Crippen LogP contribution in [0.1, 0.15) is 56.6 Å². The maximum absolute atomic E-state index is 11.6. The summed E-state index contributed by atoms with van der Waals surface area (Å²) in [6.07, 6.45) is 11.8. The van der Waals surface area contributed by atoms with E-state index in [-0.39, 0.29) is 5.91 Å². The minimum absolute atomic E-state index is 0.0634. The lowest BCUT2D eigenvalue weighted by molar-refractivity contribution is -0.116. The number of hydrogen-bond donors (Lipinski definition) is 2. The highest BCUT2D eigenvalue weighted by molar-refractivity contribution is 5.93. The molecular formula is C20H27N3O2. The number of imidazole rings is 1. The van der Waals surface area contributed by atoms with Gasteiger partial charge in [0.2, 0.25) is 5.91 Å². The van der Waals surface area contributed by atoms with Crippen LogP contribution in [0.25, 0.3) is 0 Å². The molecule has 3 rings (SSSR count). The number of carbonyl (C=O) groups is 1. The summed E-state index contributed by atoms with van der Waals surface area (Å²) in [6, 6.07) is 5.93. The van der Waals surface area contributed by atoms with Gasteiger partial charge in [-0.3, -0.25) is 4.79 Å².